The summed E-state index contributed by atoms with van der Waals surface area (Å²) in [6.45, 7) is 1.97. The number of ether oxygens (including phenoxy) is 1. The highest BCUT2D eigenvalue weighted by Gasteiger charge is 2.31. The van der Waals surface area contributed by atoms with E-state index in [-0.39, 0.29) is 0 Å². The summed E-state index contributed by atoms with van der Waals surface area (Å²) < 4.78 is 5.29. The van der Waals surface area contributed by atoms with E-state index >= 15 is 0 Å². The number of aldehydes is 1. The molecule has 0 amide bonds. The third-order valence-corrected chi connectivity index (χ3v) is 5.03. The van der Waals surface area contributed by atoms with Gasteiger partial charge < -0.3 is 14.5 Å². The summed E-state index contributed by atoms with van der Waals surface area (Å²) in [5, 5.41) is 3.26. The Labute approximate surface area is 146 Å². The van der Waals surface area contributed by atoms with Gasteiger partial charge in [0.15, 0.2) is 0 Å². The molecule has 3 aromatic carbocycles. The molecule has 124 valence electrons. The molecule has 0 aliphatic heterocycles. The van der Waals surface area contributed by atoms with Crippen LogP contribution in [0.4, 0.5) is 0 Å². The van der Waals surface area contributed by atoms with Crippen molar-refractivity contribution in [2.24, 2.45) is 0 Å². The molecule has 0 bridgehead atoms. The number of benzene rings is 3. The molecule has 25 heavy (non-hydrogen) atoms. The molecule has 0 aliphatic carbocycles. The van der Waals surface area contributed by atoms with Crippen molar-refractivity contribution in [1.29, 1.82) is 0 Å². The lowest BCUT2D eigenvalue weighted by Crippen LogP contribution is -2.25. The molecule has 0 fully saturated rings. The van der Waals surface area contributed by atoms with Crippen molar-refractivity contribution < 1.29 is 9.53 Å². The lowest BCUT2D eigenvalue weighted by Gasteiger charge is -2.24. The van der Waals surface area contributed by atoms with E-state index in [9.17, 15) is 4.79 Å². The first kappa shape index (κ1) is 15.5. The largest absolute Gasteiger partial charge is 0.497 e. The number of fused-ring (bicyclic) bond motifs is 2. The van der Waals surface area contributed by atoms with Crippen molar-refractivity contribution in [3.63, 3.8) is 0 Å². The lowest BCUT2D eigenvalue weighted by atomic mass is 9.77. The molecule has 1 atom stereocenters. The Morgan fingerprint density at radius 2 is 1.76 bits per heavy atom. The van der Waals surface area contributed by atoms with Crippen LogP contribution in [0.5, 0.6) is 5.75 Å². The molecule has 3 nitrogen and oxygen atoms in total. The fraction of sp³-hybridized carbons (Fsp3) is 0.136. The highest BCUT2D eigenvalue weighted by Crippen LogP contribution is 2.36. The predicted molar refractivity (Wildman–Crippen MR) is 101 cm³/mol. The van der Waals surface area contributed by atoms with E-state index in [1.165, 1.54) is 0 Å². The van der Waals surface area contributed by atoms with Crippen molar-refractivity contribution in [2.45, 2.75) is 12.3 Å². The van der Waals surface area contributed by atoms with E-state index in [4.69, 9.17) is 4.74 Å². The number of H-pyrrole nitrogens is 1. The lowest BCUT2D eigenvalue weighted by molar-refractivity contribution is -0.110. The first-order chi connectivity index (χ1) is 12.2. The Balaban J connectivity index is 1.90. The first-order valence-corrected chi connectivity index (χ1v) is 8.27. The predicted octanol–water partition coefficient (Wildman–Crippen LogP) is 4.83. The van der Waals surface area contributed by atoms with Crippen LogP contribution in [0.25, 0.3) is 21.7 Å². The van der Waals surface area contributed by atoms with Gasteiger partial charge in [0.2, 0.25) is 0 Å². The van der Waals surface area contributed by atoms with Crippen LogP contribution in [0.15, 0.2) is 66.9 Å². The van der Waals surface area contributed by atoms with Gasteiger partial charge in [0.1, 0.15) is 12.0 Å². The van der Waals surface area contributed by atoms with Gasteiger partial charge in [-0.2, -0.15) is 0 Å². The van der Waals surface area contributed by atoms with Crippen LogP contribution in [0.2, 0.25) is 0 Å². The molecule has 0 radical (unpaired) electrons. The standard InChI is InChI=1S/C22H19NO2/c1-22(14-24,20-13-23-21-6-4-3-5-19(20)21)17-9-7-16-12-18(25-2)10-8-15(16)11-17/h3-14,23H,1-2H3. The van der Waals surface area contributed by atoms with Crippen LogP contribution in [-0.4, -0.2) is 18.4 Å². The molecule has 4 rings (SSSR count). The molecular formula is C22H19NO2. The van der Waals surface area contributed by atoms with Crippen LogP contribution in [0.1, 0.15) is 18.1 Å². The van der Waals surface area contributed by atoms with Gasteiger partial charge in [0.05, 0.1) is 12.5 Å². The molecule has 3 heteroatoms. The van der Waals surface area contributed by atoms with Crippen LogP contribution in [0, 0.1) is 0 Å². The molecular weight excluding hydrogens is 310 g/mol. The summed E-state index contributed by atoms with van der Waals surface area (Å²) in [5.41, 5.74) is 2.29. The topological polar surface area (TPSA) is 42.1 Å². The summed E-state index contributed by atoms with van der Waals surface area (Å²) in [5.74, 6) is 0.829. The molecule has 1 N–H and O–H groups in total. The van der Waals surface area contributed by atoms with Gasteiger partial charge in [-0.05, 0) is 53.1 Å². The van der Waals surface area contributed by atoms with Gasteiger partial charge in [0.25, 0.3) is 0 Å². The monoisotopic (exact) mass is 329 g/mol. The SMILES string of the molecule is COc1ccc2cc(C(C)(C=O)c3c[nH]c4ccccc34)ccc2c1. The molecule has 0 spiro atoms. The second kappa shape index (κ2) is 5.78. The number of carbonyl (C=O) groups excluding carboxylic acids is 1. The fourth-order valence-corrected chi connectivity index (χ4v) is 3.46. The summed E-state index contributed by atoms with van der Waals surface area (Å²) in [6.07, 6.45) is 2.98. The maximum absolute atomic E-state index is 12.2. The maximum Gasteiger partial charge on any atom is 0.134 e. The smallest absolute Gasteiger partial charge is 0.134 e. The third kappa shape index (κ3) is 2.40. The molecule has 1 unspecified atom stereocenters. The molecule has 1 heterocycles. The van der Waals surface area contributed by atoms with Gasteiger partial charge in [0, 0.05) is 17.1 Å². The average Bonchev–Trinajstić information content (AvgIpc) is 3.11. The number of hydrogen-bond acceptors (Lipinski definition) is 2. The minimum atomic E-state index is -0.715. The summed E-state index contributed by atoms with van der Waals surface area (Å²) in [7, 11) is 1.66. The van der Waals surface area contributed by atoms with Gasteiger partial charge in [-0.25, -0.2) is 0 Å². The number of nitrogens with one attached hydrogen (secondary N) is 1. The van der Waals surface area contributed by atoms with Crippen molar-refractivity contribution in [1.82, 2.24) is 4.98 Å². The number of hydrogen-bond donors (Lipinski definition) is 1. The first-order valence-electron chi connectivity index (χ1n) is 8.27. The number of para-hydroxylation sites is 1. The van der Waals surface area contributed by atoms with E-state index in [1.54, 1.807) is 7.11 Å². The van der Waals surface area contributed by atoms with Gasteiger partial charge in [-0.1, -0.05) is 36.4 Å². The Morgan fingerprint density at radius 3 is 2.56 bits per heavy atom. The van der Waals surface area contributed by atoms with Crippen LogP contribution in [0.3, 0.4) is 0 Å². The minimum absolute atomic E-state index is 0.715. The third-order valence-electron chi connectivity index (χ3n) is 5.03. The van der Waals surface area contributed by atoms with Crippen molar-refractivity contribution in [3.05, 3.63) is 78.0 Å². The van der Waals surface area contributed by atoms with Gasteiger partial charge in [-0.15, -0.1) is 0 Å². The summed E-state index contributed by atoms with van der Waals surface area (Å²) >= 11 is 0. The Kier molecular flexibility index (Phi) is 3.57. The van der Waals surface area contributed by atoms with Crippen molar-refractivity contribution in [2.75, 3.05) is 7.11 Å². The maximum atomic E-state index is 12.2. The molecule has 0 saturated carbocycles. The zero-order valence-electron chi connectivity index (χ0n) is 14.2. The van der Waals surface area contributed by atoms with Crippen LogP contribution < -0.4 is 4.74 Å². The molecule has 0 saturated heterocycles. The van der Waals surface area contributed by atoms with E-state index in [0.717, 1.165) is 44.8 Å². The summed E-state index contributed by atoms with van der Waals surface area (Å²) in [4.78, 5) is 15.4. The van der Waals surface area contributed by atoms with E-state index in [1.807, 2.05) is 61.7 Å². The second-order valence-corrected chi connectivity index (χ2v) is 6.50. The zero-order valence-corrected chi connectivity index (χ0v) is 14.2. The minimum Gasteiger partial charge on any atom is -0.497 e. The summed E-state index contributed by atoms with van der Waals surface area (Å²) in [6, 6.07) is 20.2. The second-order valence-electron chi connectivity index (χ2n) is 6.50. The van der Waals surface area contributed by atoms with E-state index in [2.05, 4.69) is 17.1 Å². The van der Waals surface area contributed by atoms with Gasteiger partial charge in [-0.3, -0.25) is 0 Å². The van der Waals surface area contributed by atoms with Crippen LogP contribution in [-0.2, 0) is 10.2 Å². The van der Waals surface area contributed by atoms with Gasteiger partial charge >= 0.3 is 0 Å². The average molecular weight is 329 g/mol. The molecule has 1 aromatic heterocycles. The fourth-order valence-electron chi connectivity index (χ4n) is 3.46. The highest BCUT2D eigenvalue weighted by molar-refractivity contribution is 5.92. The number of aromatic nitrogens is 1. The van der Waals surface area contributed by atoms with Crippen molar-refractivity contribution in [3.8, 4) is 5.75 Å². The number of carbonyl (C=O) groups is 1. The Morgan fingerprint density at radius 1 is 1.00 bits per heavy atom. The van der Waals surface area contributed by atoms with Crippen LogP contribution >= 0.6 is 0 Å². The van der Waals surface area contributed by atoms with Crippen molar-refractivity contribution >= 4 is 28.0 Å². The molecule has 0 aliphatic rings. The molecule has 4 aromatic rings. The van der Waals surface area contributed by atoms with E-state index in [0.29, 0.717) is 0 Å². The van der Waals surface area contributed by atoms with E-state index < -0.39 is 5.41 Å². The quantitative estimate of drug-likeness (QED) is 0.545. The number of aromatic amines is 1. The number of rotatable bonds is 4. The zero-order chi connectivity index (χ0) is 17.4. The Hall–Kier alpha value is -3.07. The normalized spacial score (nSPS) is 13.7. The Bertz CT molecular complexity index is 1080. The number of methoxy groups -OCH3 is 1. The highest BCUT2D eigenvalue weighted by atomic mass is 16.5.